The molecule has 1 nitrogen and oxygen atoms in total. The Kier molecular flexibility index (Phi) is 4.91. The summed E-state index contributed by atoms with van der Waals surface area (Å²) < 4.78 is 0. The van der Waals surface area contributed by atoms with Gasteiger partial charge in [0.2, 0.25) is 0 Å². The van der Waals surface area contributed by atoms with Gasteiger partial charge in [0.15, 0.2) is 0 Å². The van der Waals surface area contributed by atoms with Gasteiger partial charge in [0.05, 0.1) is 10.7 Å². The normalized spacial score (nSPS) is 10.3. The molecule has 1 N–H and O–H groups in total. The third-order valence-electron chi connectivity index (χ3n) is 2.77. The smallest absolute Gasteiger partial charge is 0.0637 e. The number of benzene rings is 2. The highest BCUT2D eigenvalue weighted by Crippen LogP contribution is 2.21. The van der Waals surface area contributed by atoms with Gasteiger partial charge in [-0.1, -0.05) is 53.5 Å². The molecule has 0 saturated carbocycles. The molecule has 0 aliphatic carbocycles. The molecule has 0 aliphatic rings. The average Bonchev–Trinajstić information content (AvgIpc) is 2.38. The van der Waals surface area contributed by atoms with Crippen LogP contribution in [0.4, 0.5) is 5.69 Å². The summed E-state index contributed by atoms with van der Waals surface area (Å²) in [7, 11) is 0. The summed E-state index contributed by atoms with van der Waals surface area (Å²) in [6, 6.07) is 15.7. The van der Waals surface area contributed by atoms with E-state index in [4.69, 9.17) is 23.2 Å². The third kappa shape index (κ3) is 3.66. The number of anilines is 1. The third-order valence-corrected chi connectivity index (χ3v) is 3.47. The fraction of sp³-hybridized carbons (Fsp3) is 0.200. The number of para-hydroxylation sites is 1. The van der Waals surface area contributed by atoms with Crippen LogP contribution in [0.1, 0.15) is 12.0 Å². The van der Waals surface area contributed by atoms with Crippen molar-refractivity contribution in [1.82, 2.24) is 0 Å². The second kappa shape index (κ2) is 6.67. The summed E-state index contributed by atoms with van der Waals surface area (Å²) in [6.07, 6.45) is 1.99. The second-order valence-electron chi connectivity index (χ2n) is 4.10. The van der Waals surface area contributed by atoms with Crippen LogP contribution < -0.4 is 5.32 Å². The first-order valence-electron chi connectivity index (χ1n) is 5.99. The number of aryl methyl sites for hydroxylation is 1. The maximum atomic E-state index is 6.10. The van der Waals surface area contributed by atoms with Crippen LogP contribution in [0.25, 0.3) is 0 Å². The van der Waals surface area contributed by atoms with E-state index < -0.39 is 0 Å². The van der Waals surface area contributed by atoms with Crippen molar-refractivity contribution in [2.24, 2.45) is 0 Å². The molecule has 2 rings (SSSR count). The Labute approximate surface area is 118 Å². The van der Waals surface area contributed by atoms with E-state index >= 15 is 0 Å². The zero-order valence-corrected chi connectivity index (χ0v) is 11.5. The fourth-order valence-electron chi connectivity index (χ4n) is 1.81. The summed E-state index contributed by atoms with van der Waals surface area (Å²) in [6.45, 7) is 0.884. The molecule has 0 heterocycles. The fourth-order valence-corrected chi connectivity index (χ4v) is 2.24. The van der Waals surface area contributed by atoms with E-state index in [-0.39, 0.29) is 0 Å². The highest BCUT2D eigenvalue weighted by atomic mass is 35.5. The largest absolute Gasteiger partial charge is 0.384 e. The van der Waals surface area contributed by atoms with Gasteiger partial charge in [-0.2, -0.15) is 0 Å². The van der Waals surface area contributed by atoms with Crippen molar-refractivity contribution >= 4 is 28.9 Å². The lowest BCUT2D eigenvalue weighted by Crippen LogP contribution is -2.03. The van der Waals surface area contributed by atoms with Gasteiger partial charge < -0.3 is 5.32 Å². The summed E-state index contributed by atoms with van der Waals surface area (Å²) in [4.78, 5) is 0. The van der Waals surface area contributed by atoms with Gasteiger partial charge in [0.1, 0.15) is 0 Å². The average molecular weight is 280 g/mol. The zero-order valence-electron chi connectivity index (χ0n) is 10.00. The standard InChI is InChI=1S/C15H15Cl2N/c16-13-8-2-1-6-12(13)7-5-11-18-15-10-4-3-9-14(15)17/h1-4,6,8-10,18H,5,7,11H2. The topological polar surface area (TPSA) is 12.0 Å². The van der Waals surface area contributed by atoms with Crippen molar-refractivity contribution < 1.29 is 0 Å². The predicted molar refractivity (Wildman–Crippen MR) is 79.7 cm³/mol. The van der Waals surface area contributed by atoms with Crippen LogP contribution in [0.3, 0.4) is 0 Å². The molecule has 0 aromatic heterocycles. The summed E-state index contributed by atoms with van der Waals surface area (Å²) in [5.41, 5.74) is 2.18. The van der Waals surface area contributed by atoms with Gasteiger partial charge >= 0.3 is 0 Å². The number of hydrogen-bond donors (Lipinski definition) is 1. The van der Waals surface area contributed by atoms with E-state index in [1.54, 1.807) is 0 Å². The quantitative estimate of drug-likeness (QED) is 0.757. The van der Waals surface area contributed by atoms with Gasteiger partial charge in [-0.15, -0.1) is 0 Å². The Balaban J connectivity index is 1.80. The van der Waals surface area contributed by atoms with E-state index in [1.807, 2.05) is 42.5 Å². The van der Waals surface area contributed by atoms with Gasteiger partial charge in [-0.25, -0.2) is 0 Å². The molecule has 0 spiro atoms. The van der Waals surface area contributed by atoms with Gasteiger partial charge in [-0.05, 0) is 36.6 Å². The predicted octanol–water partition coefficient (Wildman–Crippen LogP) is 5.04. The van der Waals surface area contributed by atoms with Crippen molar-refractivity contribution in [2.45, 2.75) is 12.8 Å². The minimum atomic E-state index is 0.759. The number of rotatable bonds is 5. The molecule has 3 heteroatoms. The highest BCUT2D eigenvalue weighted by molar-refractivity contribution is 6.33. The van der Waals surface area contributed by atoms with Gasteiger partial charge in [0.25, 0.3) is 0 Å². The zero-order chi connectivity index (χ0) is 12.8. The summed E-state index contributed by atoms with van der Waals surface area (Å²) >= 11 is 12.2. The van der Waals surface area contributed by atoms with Crippen molar-refractivity contribution in [2.75, 3.05) is 11.9 Å². The van der Waals surface area contributed by atoms with E-state index in [2.05, 4.69) is 11.4 Å². The molecule has 0 bridgehead atoms. The lowest BCUT2D eigenvalue weighted by atomic mass is 10.1. The van der Waals surface area contributed by atoms with Crippen LogP contribution in [-0.2, 0) is 6.42 Å². The highest BCUT2D eigenvalue weighted by Gasteiger charge is 2.00. The molecule has 0 fully saturated rings. The number of halogens is 2. The van der Waals surface area contributed by atoms with Crippen molar-refractivity contribution in [1.29, 1.82) is 0 Å². The summed E-state index contributed by atoms with van der Waals surface area (Å²) in [5.74, 6) is 0. The van der Waals surface area contributed by atoms with Crippen molar-refractivity contribution in [3.63, 3.8) is 0 Å². The maximum absolute atomic E-state index is 6.10. The van der Waals surface area contributed by atoms with Gasteiger partial charge in [-0.3, -0.25) is 0 Å². The van der Waals surface area contributed by atoms with Crippen LogP contribution in [0.2, 0.25) is 10.0 Å². The monoisotopic (exact) mass is 279 g/mol. The Bertz CT molecular complexity index is 464. The molecule has 94 valence electrons. The van der Waals surface area contributed by atoms with E-state index in [0.717, 1.165) is 35.1 Å². The molecule has 0 atom stereocenters. The van der Waals surface area contributed by atoms with Crippen LogP contribution >= 0.6 is 23.2 Å². The molecule has 2 aromatic carbocycles. The molecule has 0 unspecified atom stereocenters. The Morgan fingerprint density at radius 1 is 0.833 bits per heavy atom. The molecule has 2 aromatic rings. The minimum Gasteiger partial charge on any atom is -0.384 e. The lowest BCUT2D eigenvalue weighted by Gasteiger charge is -2.08. The van der Waals surface area contributed by atoms with Crippen LogP contribution in [0, 0.1) is 0 Å². The van der Waals surface area contributed by atoms with Gasteiger partial charge in [0, 0.05) is 11.6 Å². The first-order valence-corrected chi connectivity index (χ1v) is 6.75. The maximum Gasteiger partial charge on any atom is 0.0637 e. The SMILES string of the molecule is Clc1ccccc1CCCNc1ccccc1Cl. The first-order chi connectivity index (χ1) is 8.77. The van der Waals surface area contributed by atoms with Crippen molar-refractivity contribution in [3.8, 4) is 0 Å². The Morgan fingerprint density at radius 3 is 2.22 bits per heavy atom. The Hall–Kier alpha value is -1.18. The van der Waals surface area contributed by atoms with E-state index in [9.17, 15) is 0 Å². The van der Waals surface area contributed by atoms with Crippen LogP contribution in [-0.4, -0.2) is 6.54 Å². The molecule has 18 heavy (non-hydrogen) atoms. The molecule has 0 aliphatic heterocycles. The molecular weight excluding hydrogens is 265 g/mol. The Morgan fingerprint density at radius 2 is 1.50 bits per heavy atom. The van der Waals surface area contributed by atoms with Crippen LogP contribution in [0.5, 0.6) is 0 Å². The number of hydrogen-bond acceptors (Lipinski definition) is 1. The summed E-state index contributed by atoms with van der Waals surface area (Å²) in [5, 5.41) is 4.93. The molecule has 0 amide bonds. The second-order valence-corrected chi connectivity index (χ2v) is 4.92. The number of nitrogens with one attached hydrogen (secondary N) is 1. The first kappa shape index (κ1) is 13.3. The van der Waals surface area contributed by atoms with E-state index in [0.29, 0.717) is 0 Å². The van der Waals surface area contributed by atoms with Crippen molar-refractivity contribution in [3.05, 3.63) is 64.1 Å². The van der Waals surface area contributed by atoms with Crippen LogP contribution in [0.15, 0.2) is 48.5 Å². The molecule has 0 radical (unpaired) electrons. The molecular formula is C15H15Cl2N. The molecule has 0 saturated heterocycles. The lowest BCUT2D eigenvalue weighted by molar-refractivity contribution is 0.863. The minimum absolute atomic E-state index is 0.759. The van der Waals surface area contributed by atoms with E-state index in [1.165, 1.54) is 5.56 Å².